The first-order chi connectivity index (χ1) is 10.9. The quantitative estimate of drug-likeness (QED) is 0.711. The third-order valence-corrected chi connectivity index (χ3v) is 3.97. The molecule has 0 fully saturated rings. The van der Waals surface area contributed by atoms with Crippen LogP contribution in [0, 0.1) is 6.92 Å². The Kier molecular flexibility index (Phi) is 3.21. The van der Waals surface area contributed by atoms with Gasteiger partial charge in [0.15, 0.2) is 11.6 Å². The van der Waals surface area contributed by atoms with Crippen LogP contribution >= 0.6 is 0 Å². The van der Waals surface area contributed by atoms with Gasteiger partial charge in [0.25, 0.3) is 0 Å². The Labute approximate surface area is 132 Å². The zero-order chi connectivity index (χ0) is 16.9. The zero-order valence-electron chi connectivity index (χ0n) is 12.6. The maximum absolute atomic E-state index is 12.8. The highest BCUT2D eigenvalue weighted by Crippen LogP contribution is 2.38. The number of phenolic OH excluding ortho intramolecular Hbond substituents is 1. The fourth-order valence-electron chi connectivity index (χ4n) is 2.79. The number of hydrogen-bond acceptors (Lipinski definition) is 5. The number of fused-ring (bicyclic) bond motifs is 2. The summed E-state index contributed by atoms with van der Waals surface area (Å²) in [4.78, 5) is 25.5. The highest BCUT2D eigenvalue weighted by Gasteiger charge is 2.34. The lowest BCUT2D eigenvalue weighted by Gasteiger charge is -2.22. The summed E-state index contributed by atoms with van der Waals surface area (Å²) in [6, 6.07) is 5.75. The van der Waals surface area contributed by atoms with Crippen molar-refractivity contribution in [2.75, 3.05) is 7.11 Å². The number of ether oxygens (including phenoxy) is 1. The maximum atomic E-state index is 12.8. The van der Waals surface area contributed by atoms with Gasteiger partial charge in [-0.05, 0) is 36.8 Å². The van der Waals surface area contributed by atoms with Crippen LogP contribution in [-0.4, -0.2) is 28.9 Å². The van der Waals surface area contributed by atoms with Crippen molar-refractivity contribution in [1.29, 1.82) is 0 Å². The van der Waals surface area contributed by atoms with Gasteiger partial charge in [0, 0.05) is 16.7 Å². The summed E-state index contributed by atoms with van der Waals surface area (Å²) in [5, 5.41) is 19.5. The molecule has 5 nitrogen and oxygen atoms in total. The fraction of sp³-hybridized carbons (Fsp3) is 0.111. The summed E-state index contributed by atoms with van der Waals surface area (Å²) in [5.41, 5.74) is 1.39. The van der Waals surface area contributed by atoms with Crippen LogP contribution in [-0.2, 0) is 0 Å². The first-order valence-corrected chi connectivity index (χ1v) is 6.89. The summed E-state index contributed by atoms with van der Waals surface area (Å²) in [6.07, 6.45) is 0. The highest BCUT2D eigenvalue weighted by molar-refractivity contribution is 6.29. The topological polar surface area (TPSA) is 83.8 Å². The van der Waals surface area contributed by atoms with Gasteiger partial charge in [-0.15, -0.1) is 0 Å². The second-order valence-electron chi connectivity index (χ2n) is 5.36. The van der Waals surface area contributed by atoms with Gasteiger partial charge in [0.05, 0.1) is 18.2 Å². The lowest BCUT2D eigenvalue weighted by atomic mass is 9.81. The second kappa shape index (κ2) is 4.98. The monoisotopic (exact) mass is 310 g/mol. The number of aryl methyl sites for hydroxylation is 1. The van der Waals surface area contributed by atoms with Crippen LogP contribution in [0.25, 0.3) is 5.76 Å². The Bertz CT molecular complexity index is 893. The molecule has 0 unspecified atom stereocenters. The number of rotatable bonds is 2. The summed E-state index contributed by atoms with van der Waals surface area (Å²) in [5.74, 6) is -0.993. The second-order valence-corrected chi connectivity index (χ2v) is 5.36. The van der Waals surface area contributed by atoms with E-state index in [1.165, 1.54) is 31.4 Å². The molecular weight excluding hydrogens is 296 g/mol. The maximum Gasteiger partial charge on any atom is 0.198 e. The standard InChI is InChI=1S/C18H14O5/c1-8-6-12-13(7-14(8)20)17(22)15-11(16(12)21)5-4-10(9(2)19)18(15)23-3/h4-7,19-20H,2H2,1,3H3. The molecule has 0 bridgehead atoms. The number of ketones is 2. The largest absolute Gasteiger partial charge is 0.508 e. The van der Waals surface area contributed by atoms with E-state index in [0.717, 1.165) is 0 Å². The van der Waals surface area contributed by atoms with E-state index in [9.17, 15) is 19.8 Å². The lowest BCUT2D eigenvalue weighted by molar-refractivity contribution is 0.0976. The van der Waals surface area contributed by atoms with Crippen molar-refractivity contribution in [3.8, 4) is 11.5 Å². The average Bonchev–Trinajstić information content (AvgIpc) is 2.52. The first kappa shape index (κ1) is 14.8. The van der Waals surface area contributed by atoms with Crippen LogP contribution < -0.4 is 4.74 Å². The van der Waals surface area contributed by atoms with Crippen LogP contribution in [0.1, 0.15) is 43.0 Å². The third kappa shape index (κ3) is 2.01. The molecule has 0 saturated heterocycles. The fourth-order valence-corrected chi connectivity index (χ4v) is 2.79. The molecule has 0 aromatic heterocycles. The molecule has 0 radical (unpaired) electrons. The van der Waals surface area contributed by atoms with E-state index < -0.39 is 5.78 Å². The van der Waals surface area contributed by atoms with Crippen molar-refractivity contribution in [3.05, 3.63) is 64.2 Å². The Balaban J connectivity index is 2.35. The molecule has 0 spiro atoms. The number of hydrogen-bond donors (Lipinski definition) is 2. The SMILES string of the molecule is C=C(O)c1ccc2c(c1OC)C(=O)c1cc(O)c(C)cc1C2=O. The molecule has 2 aromatic rings. The van der Waals surface area contributed by atoms with E-state index in [2.05, 4.69) is 6.58 Å². The van der Waals surface area contributed by atoms with Crippen molar-refractivity contribution >= 4 is 17.3 Å². The summed E-state index contributed by atoms with van der Waals surface area (Å²) in [6.45, 7) is 5.09. The molecule has 2 N–H and O–H groups in total. The minimum Gasteiger partial charge on any atom is -0.508 e. The van der Waals surface area contributed by atoms with Crippen molar-refractivity contribution < 1.29 is 24.5 Å². The number of phenols is 1. The van der Waals surface area contributed by atoms with E-state index in [4.69, 9.17) is 4.74 Å². The molecule has 1 aliphatic rings. The number of carbonyl (C=O) groups is 2. The van der Waals surface area contributed by atoms with E-state index >= 15 is 0 Å². The van der Waals surface area contributed by atoms with Gasteiger partial charge in [0.2, 0.25) is 0 Å². The van der Waals surface area contributed by atoms with E-state index in [-0.39, 0.29) is 50.9 Å². The number of aromatic hydroxyl groups is 1. The molecule has 5 heteroatoms. The van der Waals surface area contributed by atoms with E-state index in [1.54, 1.807) is 6.92 Å². The van der Waals surface area contributed by atoms with Gasteiger partial charge in [0.1, 0.15) is 17.3 Å². The van der Waals surface area contributed by atoms with Crippen LogP contribution in [0.4, 0.5) is 0 Å². The molecular formula is C18H14O5. The summed E-state index contributed by atoms with van der Waals surface area (Å²) in [7, 11) is 1.35. The molecule has 0 atom stereocenters. The Morgan fingerprint density at radius 3 is 2.35 bits per heavy atom. The normalized spacial score (nSPS) is 12.6. The molecule has 0 heterocycles. The number of benzene rings is 2. The van der Waals surface area contributed by atoms with Gasteiger partial charge < -0.3 is 14.9 Å². The number of aliphatic hydroxyl groups excluding tert-OH is 1. The predicted molar refractivity (Wildman–Crippen MR) is 84.4 cm³/mol. The Morgan fingerprint density at radius 2 is 1.74 bits per heavy atom. The van der Waals surface area contributed by atoms with Crippen LogP contribution in [0.3, 0.4) is 0 Å². The molecule has 0 aliphatic heterocycles. The Morgan fingerprint density at radius 1 is 1.09 bits per heavy atom. The van der Waals surface area contributed by atoms with Crippen LogP contribution in [0.15, 0.2) is 30.8 Å². The molecule has 3 rings (SSSR count). The van der Waals surface area contributed by atoms with Gasteiger partial charge in [-0.3, -0.25) is 9.59 Å². The van der Waals surface area contributed by atoms with Crippen molar-refractivity contribution in [2.24, 2.45) is 0 Å². The van der Waals surface area contributed by atoms with E-state index in [1.807, 2.05) is 0 Å². The van der Waals surface area contributed by atoms with Gasteiger partial charge >= 0.3 is 0 Å². The van der Waals surface area contributed by atoms with E-state index in [0.29, 0.717) is 5.56 Å². The molecule has 0 saturated carbocycles. The van der Waals surface area contributed by atoms with Gasteiger partial charge in [-0.25, -0.2) is 0 Å². The minimum atomic E-state index is -0.440. The Hall–Kier alpha value is -3.08. The molecule has 2 aromatic carbocycles. The summed E-state index contributed by atoms with van der Waals surface area (Å²) < 4.78 is 5.24. The minimum absolute atomic E-state index is 0.0601. The van der Waals surface area contributed by atoms with Crippen LogP contribution in [0.5, 0.6) is 11.5 Å². The zero-order valence-corrected chi connectivity index (χ0v) is 12.6. The van der Waals surface area contributed by atoms with Crippen molar-refractivity contribution in [2.45, 2.75) is 6.92 Å². The highest BCUT2D eigenvalue weighted by atomic mass is 16.5. The predicted octanol–water partition coefficient (Wildman–Crippen LogP) is 3.01. The smallest absolute Gasteiger partial charge is 0.198 e. The van der Waals surface area contributed by atoms with Crippen molar-refractivity contribution in [3.63, 3.8) is 0 Å². The van der Waals surface area contributed by atoms with Gasteiger partial charge in [-0.2, -0.15) is 0 Å². The van der Waals surface area contributed by atoms with Crippen LogP contribution in [0.2, 0.25) is 0 Å². The van der Waals surface area contributed by atoms with Gasteiger partial charge in [-0.1, -0.05) is 6.58 Å². The lowest BCUT2D eigenvalue weighted by Crippen LogP contribution is -2.22. The number of aliphatic hydroxyl groups is 1. The molecule has 23 heavy (non-hydrogen) atoms. The first-order valence-electron chi connectivity index (χ1n) is 6.89. The number of methoxy groups -OCH3 is 1. The molecule has 0 amide bonds. The van der Waals surface area contributed by atoms with Crippen molar-refractivity contribution in [1.82, 2.24) is 0 Å². The molecule has 116 valence electrons. The third-order valence-electron chi connectivity index (χ3n) is 3.97. The summed E-state index contributed by atoms with van der Waals surface area (Å²) >= 11 is 0. The molecule has 1 aliphatic carbocycles. The number of carbonyl (C=O) groups excluding carboxylic acids is 2. The average molecular weight is 310 g/mol.